The summed E-state index contributed by atoms with van der Waals surface area (Å²) < 4.78 is 4.79. The Labute approximate surface area is 95.4 Å². The molecule has 0 fully saturated rings. The first kappa shape index (κ1) is 12.6. The number of carbonyl (C=O) groups excluding carboxylic acids is 2. The predicted molar refractivity (Wildman–Crippen MR) is 61.6 cm³/mol. The van der Waals surface area contributed by atoms with E-state index in [1.54, 1.807) is 12.1 Å². The van der Waals surface area contributed by atoms with Crippen LogP contribution in [-0.4, -0.2) is 25.3 Å². The normalized spacial score (nSPS) is 10.1. The molecule has 0 N–H and O–H groups in total. The van der Waals surface area contributed by atoms with Crippen LogP contribution in [0.5, 0.6) is 0 Å². The van der Waals surface area contributed by atoms with Crippen LogP contribution in [0.15, 0.2) is 24.3 Å². The van der Waals surface area contributed by atoms with Gasteiger partial charge in [-0.05, 0) is 12.5 Å². The topological polar surface area (TPSA) is 43.4 Å². The van der Waals surface area contributed by atoms with Crippen molar-refractivity contribution in [2.45, 2.75) is 19.8 Å². The Morgan fingerprint density at radius 2 is 1.94 bits per heavy atom. The monoisotopic (exact) mass is 220 g/mol. The van der Waals surface area contributed by atoms with Gasteiger partial charge in [0.05, 0.1) is 13.0 Å². The van der Waals surface area contributed by atoms with Crippen molar-refractivity contribution in [1.29, 1.82) is 0 Å². The van der Waals surface area contributed by atoms with Crippen LogP contribution in [-0.2, 0) is 9.53 Å². The zero-order valence-electron chi connectivity index (χ0n) is 9.66. The Hall–Kier alpha value is -1.48. The summed E-state index contributed by atoms with van der Waals surface area (Å²) >= 11 is 0. The number of carbonyl (C=O) groups is 2. The number of ether oxygens (including phenoxy) is 1. The SMILES string of the molecule is COCCC(=O)CC(=O)c1ccccc1C. The lowest BCUT2D eigenvalue weighted by molar-refractivity contribution is -0.119. The van der Waals surface area contributed by atoms with E-state index in [0.717, 1.165) is 5.56 Å². The molecule has 0 aliphatic carbocycles. The van der Waals surface area contributed by atoms with E-state index in [-0.39, 0.29) is 18.0 Å². The van der Waals surface area contributed by atoms with Gasteiger partial charge in [0.15, 0.2) is 5.78 Å². The van der Waals surface area contributed by atoms with Crippen LogP contribution in [0, 0.1) is 6.92 Å². The second-order valence-electron chi connectivity index (χ2n) is 3.70. The van der Waals surface area contributed by atoms with Gasteiger partial charge >= 0.3 is 0 Å². The van der Waals surface area contributed by atoms with Crippen LogP contribution in [0.25, 0.3) is 0 Å². The molecule has 3 heteroatoms. The lowest BCUT2D eigenvalue weighted by atomic mass is 10.0. The van der Waals surface area contributed by atoms with Crippen LogP contribution in [0.2, 0.25) is 0 Å². The van der Waals surface area contributed by atoms with Crippen molar-refractivity contribution < 1.29 is 14.3 Å². The number of ketones is 2. The zero-order valence-corrected chi connectivity index (χ0v) is 9.66. The molecule has 1 rings (SSSR count). The second kappa shape index (κ2) is 6.18. The molecule has 16 heavy (non-hydrogen) atoms. The number of methoxy groups -OCH3 is 1. The van der Waals surface area contributed by atoms with Gasteiger partial charge in [0.1, 0.15) is 5.78 Å². The Balaban J connectivity index is 2.59. The average molecular weight is 220 g/mol. The van der Waals surface area contributed by atoms with Gasteiger partial charge in [-0.3, -0.25) is 9.59 Å². The molecule has 0 bridgehead atoms. The molecule has 0 aliphatic heterocycles. The largest absolute Gasteiger partial charge is 0.384 e. The van der Waals surface area contributed by atoms with E-state index in [9.17, 15) is 9.59 Å². The quantitative estimate of drug-likeness (QED) is 0.545. The first-order valence-electron chi connectivity index (χ1n) is 5.24. The summed E-state index contributed by atoms with van der Waals surface area (Å²) in [6, 6.07) is 7.30. The van der Waals surface area contributed by atoms with Crippen LogP contribution in [0.1, 0.15) is 28.8 Å². The number of rotatable bonds is 6. The lowest BCUT2D eigenvalue weighted by Gasteiger charge is -2.03. The lowest BCUT2D eigenvalue weighted by Crippen LogP contribution is -2.11. The molecular formula is C13H16O3. The summed E-state index contributed by atoms with van der Waals surface area (Å²) in [5, 5.41) is 0. The van der Waals surface area contributed by atoms with Crippen molar-refractivity contribution in [1.82, 2.24) is 0 Å². The molecule has 0 amide bonds. The van der Waals surface area contributed by atoms with Gasteiger partial charge in [0.2, 0.25) is 0 Å². The van der Waals surface area contributed by atoms with Crippen molar-refractivity contribution >= 4 is 11.6 Å². The third-order valence-electron chi connectivity index (χ3n) is 2.39. The smallest absolute Gasteiger partial charge is 0.170 e. The van der Waals surface area contributed by atoms with Crippen molar-refractivity contribution in [2.75, 3.05) is 13.7 Å². The van der Waals surface area contributed by atoms with E-state index in [1.807, 2.05) is 19.1 Å². The molecule has 0 heterocycles. The molecule has 3 nitrogen and oxygen atoms in total. The second-order valence-corrected chi connectivity index (χ2v) is 3.70. The number of benzene rings is 1. The Morgan fingerprint density at radius 3 is 2.56 bits per heavy atom. The van der Waals surface area contributed by atoms with Gasteiger partial charge in [-0.2, -0.15) is 0 Å². The van der Waals surface area contributed by atoms with Gasteiger partial charge < -0.3 is 4.74 Å². The molecule has 0 spiro atoms. The van der Waals surface area contributed by atoms with E-state index >= 15 is 0 Å². The van der Waals surface area contributed by atoms with Crippen LogP contribution < -0.4 is 0 Å². The molecule has 1 aromatic rings. The van der Waals surface area contributed by atoms with Crippen molar-refractivity contribution in [3.05, 3.63) is 35.4 Å². The highest BCUT2D eigenvalue weighted by Crippen LogP contribution is 2.10. The van der Waals surface area contributed by atoms with E-state index < -0.39 is 0 Å². The molecule has 86 valence electrons. The molecule has 1 aromatic carbocycles. The summed E-state index contributed by atoms with van der Waals surface area (Å²) in [6.45, 7) is 2.24. The summed E-state index contributed by atoms with van der Waals surface area (Å²) in [4.78, 5) is 23.2. The standard InChI is InChI=1S/C13H16O3/c1-10-5-3-4-6-12(10)13(15)9-11(14)7-8-16-2/h3-6H,7-9H2,1-2H3. The summed E-state index contributed by atoms with van der Waals surface area (Å²) in [5.41, 5.74) is 1.54. The Kier molecular flexibility index (Phi) is 4.86. The van der Waals surface area contributed by atoms with Crippen molar-refractivity contribution in [2.24, 2.45) is 0 Å². The molecule has 0 aliphatic rings. The van der Waals surface area contributed by atoms with Crippen LogP contribution in [0.4, 0.5) is 0 Å². The van der Waals surface area contributed by atoms with E-state index in [2.05, 4.69) is 0 Å². The van der Waals surface area contributed by atoms with Gasteiger partial charge in [0, 0.05) is 19.1 Å². The highest BCUT2D eigenvalue weighted by Gasteiger charge is 2.12. The third-order valence-corrected chi connectivity index (χ3v) is 2.39. The number of Topliss-reactive ketones (excluding diaryl/α,β-unsaturated/α-hetero) is 2. The summed E-state index contributed by atoms with van der Waals surface area (Å²) in [6.07, 6.45) is 0.266. The maximum atomic E-state index is 11.8. The first-order valence-corrected chi connectivity index (χ1v) is 5.24. The van der Waals surface area contributed by atoms with Crippen LogP contribution >= 0.6 is 0 Å². The zero-order chi connectivity index (χ0) is 12.0. The van der Waals surface area contributed by atoms with Gasteiger partial charge in [-0.25, -0.2) is 0 Å². The number of aryl methyl sites for hydroxylation is 1. The molecule has 0 saturated heterocycles. The molecule has 0 unspecified atom stereocenters. The van der Waals surface area contributed by atoms with Crippen molar-refractivity contribution in [3.63, 3.8) is 0 Å². The molecule has 0 atom stereocenters. The first-order chi connectivity index (χ1) is 7.65. The minimum Gasteiger partial charge on any atom is -0.384 e. The highest BCUT2D eigenvalue weighted by atomic mass is 16.5. The highest BCUT2D eigenvalue weighted by molar-refractivity contribution is 6.08. The Morgan fingerprint density at radius 1 is 1.25 bits per heavy atom. The average Bonchev–Trinajstić information content (AvgIpc) is 2.26. The minimum atomic E-state index is -0.112. The maximum absolute atomic E-state index is 11.8. The fourth-order valence-electron chi connectivity index (χ4n) is 1.46. The molecule has 0 aromatic heterocycles. The van der Waals surface area contributed by atoms with Crippen LogP contribution in [0.3, 0.4) is 0 Å². The number of hydrogen-bond acceptors (Lipinski definition) is 3. The summed E-state index contributed by atoms with van der Waals surface area (Å²) in [5.74, 6) is -0.186. The van der Waals surface area contributed by atoms with E-state index in [0.29, 0.717) is 18.6 Å². The van der Waals surface area contributed by atoms with Crippen molar-refractivity contribution in [3.8, 4) is 0 Å². The van der Waals surface area contributed by atoms with Gasteiger partial charge in [-0.1, -0.05) is 24.3 Å². The van der Waals surface area contributed by atoms with Gasteiger partial charge in [-0.15, -0.1) is 0 Å². The fourth-order valence-corrected chi connectivity index (χ4v) is 1.46. The number of hydrogen-bond donors (Lipinski definition) is 0. The fraction of sp³-hybridized carbons (Fsp3) is 0.385. The van der Waals surface area contributed by atoms with Gasteiger partial charge in [0.25, 0.3) is 0 Å². The maximum Gasteiger partial charge on any atom is 0.170 e. The third kappa shape index (κ3) is 3.59. The molecular weight excluding hydrogens is 204 g/mol. The predicted octanol–water partition coefficient (Wildman–Crippen LogP) is 2.17. The van der Waals surface area contributed by atoms with E-state index in [4.69, 9.17) is 4.74 Å². The minimum absolute atomic E-state index is 0.0335. The molecule has 0 radical (unpaired) electrons. The summed E-state index contributed by atoms with van der Waals surface area (Å²) in [7, 11) is 1.54. The van der Waals surface area contributed by atoms with E-state index in [1.165, 1.54) is 7.11 Å². The molecule has 0 saturated carbocycles. The Bertz CT molecular complexity index is 383.